The van der Waals surface area contributed by atoms with Crippen LogP contribution in [0.15, 0.2) is 69.7 Å². The second kappa shape index (κ2) is 6.00. The maximum atomic E-state index is 12.6. The molecule has 0 fully saturated rings. The maximum absolute atomic E-state index is 12.6. The predicted molar refractivity (Wildman–Crippen MR) is 105 cm³/mol. The minimum atomic E-state index is -0.803. The maximum Gasteiger partial charge on any atom is 0.347 e. The summed E-state index contributed by atoms with van der Waals surface area (Å²) in [5.41, 5.74) is -0.802. The zero-order valence-electron chi connectivity index (χ0n) is 15.4. The zero-order valence-corrected chi connectivity index (χ0v) is 15.4. The number of aromatic hydroxyl groups is 1. The van der Waals surface area contributed by atoms with E-state index in [1.807, 2.05) is 18.2 Å². The molecule has 0 radical (unpaired) electrons. The Morgan fingerprint density at radius 2 is 1.48 bits per heavy atom. The Kier molecular flexibility index (Phi) is 3.54. The standard InChI is InChI=1S/C22H14O7/c1-10-7-13(23)17(21(24)26-10)19-18-15(8-11(2)27-22(18)25)29-20(19)16-9-12-5-3-4-6-14(12)28-16/h3-9,23H,1-2H3. The summed E-state index contributed by atoms with van der Waals surface area (Å²) in [5, 5.41) is 11.3. The molecule has 0 aliphatic carbocycles. The van der Waals surface area contributed by atoms with Gasteiger partial charge in [-0.25, -0.2) is 9.59 Å². The molecule has 144 valence electrons. The van der Waals surface area contributed by atoms with Crippen molar-refractivity contribution in [2.45, 2.75) is 13.8 Å². The summed E-state index contributed by atoms with van der Waals surface area (Å²) in [4.78, 5) is 25.2. The monoisotopic (exact) mass is 390 g/mol. The van der Waals surface area contributed by atoms with Gasteiger partial charge in [-0.1, -0.05) is 18.2 Å². The molecule has 0 aliphatic heterocycles. The third kappa shape index (κ3) is 2.59. The van der Waals surface area contributed by atoms with Crippen LogP contribution in [-0.2, 0) is 0 Å². The molecule has 7 nitrogen and oxygen atoms in total. The van der Waals surface area contributed by atoms with E-state index in [0.29, 0.717) is 17.1 Å². The van der Waals surface area contributed by atoms with E-state index in [2.05, 4.69) is 0 Å². The van der Waals surface area contributed by atoms with Crippen LogP contribution in [0.2, 0.25) is 0 Å². The van der Waals surface area contributed by atoms with Crippen molar-refractivity contribution >= 4 is 21.9 Å². The highest BCUT2D eigenvalue weighted by molar-refractivity contribution is 6.02. The van der Waals surface area contributed by atoms with Crippen molar-refractivity contribution in [1.82, 2.24) is 0 Å². The second-order valence-electron chi connectivity index (χ2n) is 6.74. The molecule has 5 aromatic rings. The van der Waals surface area contributed by atoms with Gasteiger partial charge in [0.25, 0.3) is 0 Å². The van der Waals surface area contributed by atoms with Crippen molar-refractivity contribution in [3.63, 3.8) is 0 Å². The molecule has 29 heavy (non-hydrogen) atoms. The minimum absolute atomic E-state index is 0.0255. The van der Waals surface area contributed by atoms with Crippen molar-refractivity contribution in [2.24, 2.45) is 0 Å². The van der Waals surface area contributed by atoms with Gasteiger partial charge in [-0.05, 0) is 26.0 Å². The summed E-state index contributed by atoms with van der Waals surface area (Å²) in [6.45, 7) is 3.15. The molecule has 0 aliphatic rings. The van der Waals surface area contributed by atoms with E-state index in [1.165, 1.54) is 13.0 Å². The Balaban J connectivity index is 1.95. The van der Waals surface area contributed by atoms with Crippen molar-refractivity contribution in [3.05, 3.63) is 74.8 Å². The molecule has 1 N–H and O–H groups in total. The van der Waals surface area contributed by atoms with Gasteiger partial charge in [-0.15, -0.1) is 0 Å². The molecule has 0 saturated heterocycles. The van der Waals surface area contributed by atoms with Crippen LogP contribution in [0.3, 0.4) is 0 Å². The fourth-order valence-corrected chi connectivity index (χ4v) is 3.50. The van der Waals surface area contributed by atoms with Crippen molar-refractivity contribution in [1.29, 1.82) is 0 Å². The smallest absolute Gasteiger partial charge is 0.347 e. The number of benzene rings is 1. The average molecular weight is 390 g/mol. The lowest BCUT2D eigenvalue weighted by Crippen LogP contribution is -2.07. The van der Waals surface area contributed by atoms with E-state index >= 15 is 0 Å². The summed E-state index contributed by atoms with van der Waals surface area (Å²) in [6.07, 6.45) is 0. The van der Waals surface area contributed by atoms with Gasteiger partial charge in [0.1, 0.15) is 39.4 Å². The fraction of sp³-hybridized carbons (Fsp3) is 0.0909. The lowest BCUT2D eigenvalue weighted by atomic mass is 10.0. The molecule has 7 heteroatoms. The van der Waals surface area contributed by atoms with Gasteiger partial charge in [-0.3, -0.25) is 0 Å². The van der Waals surface area contributed by atoms with Gasteiger partial charge >= 0.3 is 11.3 Å². The second-order valence-corrected chi connectivity index (χ2v) is 6.74. The van der Waals surface area contributed by atoms with E-state index in [-0.39, 0.29) is 39.4 Å². The van der Waals surface area contributed by atoms with E-state index in [0.717, 1.165) is 5.39 Å². The Hall–Kier alpha value is -4.00. The highest BCUT2D eigenvalue weighted by Crippen LogP contribution is 2.43. The molecule has 1 aromatic carbocycles. The SMILES string of the molecule is Cc1cc(O)c(-c2c(-c3cc4ccccc4o3)oc3cc(C)oc(=O)c23)c(=O)o1. The van der Waals surface area contributed by atoms with Crippen molar-refractivity contribution in [3.8, 4) is 28.4 Å². The quantitative estimate of drug-likeness (QED) is 0.464. The van der Waals surface area contributed by atoms with Crippen molar-refractivity contribution < 1.29 is 22.8 Å². The van der Waals surface area contributed by atoms with Gasteiger partial charge in [-0.2, -0.15) is 0 Å². The average Bonchev–Trinajstić information content (AvgIpc) is 3.22. The molecule has 0 unspecified atom stereocenters. The largest absolute Gasteiger partial charge is 0.507 e. The lowest BCUT2D eigenvalue weighted by Gasteiger charge is -2.04. The molecular weight excluding hydrogens is 376 g/mol. The molecule has 5 rings (SSSR count). The Morgan fingerprint density at radius 3 is 2.24 bits per heavy atom. The summed E-state index contributed by atoms with van der Waals surface area (Å²) in [5.74, 6) is 0.671. The van der Waals surface area contributed by atoms with Crippen LogP contribution in [0, 0.1) is 13.8 Å². The number of furan rings is 2. The third-order valence-electron chi connectivity index (χ3n) is 4.68. The Bertz CT molecular complexity index is 1490. The van der Waals surface area contributed by atoms with E-state index in [4.69, 9.17) is 17.7 Å². The lowest BCUT2D eigenvalue weighted by molar-refractivity contribution is 0.438. The van der Waals surface area contributed by atoms with Gasteiger partial charge in [0.2, 0.25) is 0 Å². The number of hydrogen-bond donors (Lipinski definition) is 1. The number of fused-ring (bicyclic) bond motifs is 2. The summed E-state index contributed by atoms with van der Waals surface area (Å²) >= 11 is 0. The van der Waals surface area contributed by atoms with E-state index in [9.17, 15) is 14.7 Å². The number of para-hydroxylation sites is 1. The van der Waals surface area contributed by atoms with Crippen molar-refractivity contribution in [2.75, 3.05) is 0 Å². The minimum Gasteiger partial charge on any atom is -0.507 e. The third-order valence-corrected chi connectivity index (χ3v) is 4.68. The Labute approximate surface area is 162 Å². The Morgan fingerprint density at radius 1 is 0.759 bits per heavy atom. The predicted octanol–water partition coefficient (Wildman–Crippen LogP) is 4.74. The van der Waals surface area contributed by atoms with Crippen LogP contribution in [0.5, 0.6) is 5.75 Å². The first kappa shape index (κ1) is 17.1. The number of hydrogen-bond acceptors (Lipinski definition) is 7. The van der Waals surface area contributed by atoms with E-state index in [1.54, 1.807) is 25.1 Å². The van der Waals surface area contributed by atoms with Gasteiger partial charge < -0.3 is 22.8 Å². The molecule has 4 aromatic heterocycles. The normalized spacial score (nSPS) is 11.5. The first-order chi connectivity index (χ1) is 13.9. The van der Waals surface area contributed by atoms with Gasteiger partial charge in [0.05, 0.1) is 5.56 Å². The van der Waals surface area contributed by atoms with Crippen LogP contribution >= 0.6 is 0 Å². The van der Waals surface area contributed by atoms with Crippen LogP contribution in [0.1, 0.15) is 11.5 Å². The fourth-order valence-electron chi connectivity index (χ4n) is 3.50. The molecule has 0 bridgehead atoms. The summed E-state index contributed by atoms with van der Waals surface area (Å²) < 4.78 is 22.2. The van der Waals surface area contributed by atoms with Crippen LogP contribution in [0.4, 0.5) is 0 Å². The van der Waals surface area contributed by atoms with Crippen LogP contribution in [0.25, 0.3) is 44.6 Å². The first-order valence-corrected chi connectivity index (χ1v) is 8.82. The summed E-state index contributed by atoms with van der Waals surface area (Å²) in [6, 6.07) is 11.9. The number of aryl methyl sites for hydroxylation is 2. The first-order valence-electron chi connectivity index (χ1n) is 8.82. The van der Waals surface area contributed by atoms with Crippen LogP contribution < -0.4 is 11.3 Å². The molecule has 4 heterocycles. The topological polar surface area (TPSA) is 107 Å². The van der Waals surface area contributed by atoms with Crippen LogP contribution in [-0.4, -0.2) is 5.11 Å². The molecule has 0 spiro atoms. The zero-order chi connectivity index (χ0) is 20.3. The molecular formula is C22H14O7. The molecule has 0 atom stereocenters. The van der Waals surface area contributed by atoms with Gasteiger partial charge in [0, 0.05) is 17.5 Å². The molecule has 0 amide bonds. The summed E-state index contributed by atoms with van der Waals surface area (Å²) in [7, 11) is 0. The number of rotatable bonds is 2. The highest BCUT2D eigenvalue weighted by Gasteiger charge is 2.28. The molecule has 0 saturated carbocycles. The van der Waals surface area contributed by atoms with Gasteiger partial charge in [0.15, 0.2) is 11.5 Å². The van der Waals surface area contributed by atoms with E-state index < -0.39 is 11.3 Å². The highest BCUT2D eigenvalue weighted by atomic mass is 16.4.